The normalized spacial score (nSPS) is 14.5. The smallest absolute Gasteiger partial charge is 0.275 e. The first-order valence-corrected chi connectivity index (χ1v) is 18.5. The lowest BCUT2D eigenvalue weighted by Crippen LogP contribution is -2.42. The summed E-state index contributed by atoms with van der Waals surface area (Å²) in [6.07, 6.45) is 6.62. The summed E-state index contributed by atoms with van der Waals surface area (Å²) in [5.74, 6) is 1.35. The van der Waals surface area contributed by atoms with Gasteiger partial charge < -0.3 is 18.8 Å². The number of ether oxygens (including phenoxy) is 1. The largest absolute Gasteiger partial charge is 0.494 e. The molecule has 0 bridgehead atoms. The van der Waals surface area contributed by atoms with Gasteiger partial charge in [0.2, 0.25) is 0 Å². The second-order valence-corrected chi connectivity index (χ2v) is 14.9. The van der Waals surface area contributed by atoms with Gasteiger partial charge in [-0.15, -0.1) is 0 Å². The van der Waals surface area contributed by atoms with Crippen molar-refractivity contribution in [1.29, 1.82) is 0 Å². The maximum absolute atomic E-state index is 15.2. The van der Waals surface area contributed by atoms with Crippen LogP contribution >= 0.6 is 23.2 Å². The molecular formula is C41H40Cl2N8O2. The number of fused-ring (bicyclic) bond motifs is 4. The minimum atomic E-state index is -0.0893. The number of amides is 1. The number of rotatable bonds is 8. The van der Waals surface area contributed by atoms with Gasteiger partial charge in [0.1, 0.15) is 24.1 Å². The van der Waals surface area contributed by atoms with E-state index in [9.17, 15) is 0 Å². The van der Waals surface area contributed by atoms with Crippen molar-refractivity contribution in [2.45, 2.75) is 53.5 Å². The summed E-state index contributed by atoms with van der Waals surface area (Å²) in [7, 11) is 3.86. The summed E-state index contributed by atoms with van der Waals surface area (Å²) in [5.41, 5.74) is 10.7. The Hall–Kier alpha value is -5.19. The standard InChI is InChI=1S/C41H40Cl2N8O2/c1-22-15-28(16-23(2)37(22)43)53-14-8-9-29-30-11-12-32(42)36(35-25(4)44-20-45-26(35)5)38(30)51-24(3)18-50(41(52)39(29)51)34-19-48(6)33-13-10-27(17-31(33)34)40-46-21-49(7)47-40/h10-13,15-17,19-21,24H,8-9,14,18H2,1-7H3/t24-/m1/s1. The van der Waals surface area contributed by atoms with Crippen LogP contribution in [0.25, 0.3) is 44.3 Å². The summed E-state index contributed by atoms with van der Waals surface area (Å²) in [5, 5.41) is 7.82. The predicted molar refractivity (Wildman–Crippen MR) is 211 cm³/mol. The highest BCUT2D eigenvalue weighted by Crippen LogP contribution is 2.45. The maximum atomic E-state index is 15.2. The third-order valence-corrected chi connectivity index (χ3v) is 11.3. The third-order valence-electron chi connectivity index (χ3n) is 10.4. The quantitative estimate of drug-likeness (QED) is 0.144. The molecule has 1 amide bonds. The zero-order valence-corrected chi connectivity index (χ0v) is 32.3. The van der Waals surface area contributed by atoms with Gasteiger partial charge >= 0.3 is 0 Å². The van der Waals surface area contributed by atoms with Crippen LogP contribution in [0.3, 0.4) is 0 Å². The lowest BCUT2D eigenvalue weighted by atomic mass is 9.97. The van der Waals surface area contributed by atoms with Gasteiger partial charge in [-0.25, -0.2) is 15.0 Å². The number of carbonyl (C=O) groups excluding carboxylic acids is 1. The number of hydrogen-bond acceptors (Lipinski definition) is 6. The van der Waals surface area contributed by atoms with Crippen molar-refractivity contribution in [1.82, 2.24) is 33.9 Å². The van der Waals surface area contributed by atoms with E-state index in [0.29, 0.717) is 42.5 Å². The number of nitrogens with zero attached hydrogens (tertiary/aromatic N) is 8. The average molecular weight is 748 g/mol. The fourth-order valence-corrected chi connectivity index (χ4v) is 8.31. The molecule has 0 unspecified atom stereocenters. The van der Waals surface area contributed by atoms with Crippen LogP contribution in [0.2, 0.25) is 10.0 Å². The molecule has 4 aromatic heterocycles. The molecular weight excluding hydrogens is 707 g/mol. The fraction of sp³-hybridized carbons (Fsp3) is 0.293. The van der Waals surface area contributed by atoms with Crippen LogP contribution < -0.4 is 9.64 Å². The van der Waals surface area contributed by atoms with Crippen LogP contribution in [0.1, 0.15) is 58.0 Å². The SMILES string of the molecule is Cc1cc(OCCCc2c3n(c4c(-c5c(C)ncnc5C)c(Cl)ccc24)[C@H](C)CN(c2cn(C)c4ccc(-c5ncn(C)n5)cc24)C3=O)cc(C)c1Cl. The minimum absolute atomic E-state index is 0.0622. The minimum Gasteiger partial charge on any atom is -0.494 e. The molecule has 3 aromatic carbocycles. The highest BCUT2D eigenvalue weighted by Gasteiger charge is 2.37. The van der Waals surface area contributed by atoms with E-state index in [0.717, 1.165) is 83.0 Å². The highest BCUT2D eigenvalue weighted by molar-refractivity contribution is 6.35. The number of carbonyl (C=O) groups is 1. The number of anilines is 1. The first-order valence-electron chi connectivity index (χ1n) is 17.7. The Balaban J connectivity index is 1.26. The summed E-state index contributed by atoms with van der Waals surface area (Å²) < 4.78 is 12.2. The number of hydrogen-bond donors (Lipinski definition) is 0. The van der Waals surface area contributed by atoms with Gasteiger partial charge in [-0.1, -0.05) is 29.3 Å². The second-order valence-electron chi connectivity index (χ2n) is 14.1. The first kappa shape index (κ1) is 34.9. The highest BCUT2D eigenvalue weighted by atomic mass is 35.5. The van der Waals surface area contributed by atoms with Gasteiger partial charge in [-0.05, 0) is 101 Å². The van der Waals surface area contributed by atoms with Crippen LogP contribution in [0, 0.1) is 27.7 Å². The van der Waals surface area contributed by atoms with Crippen LogP contribution in [0.4, 0.5) is 5.69 Å². The van der Waals surface area contributed by atoms with Crippen molar-refractivity contribution in [3.05, 3.63) is 105 Å². The van der Waals surface area contributed by atoms with Gasteiger partial charge in [0, 0.05) is 82.3 Å². The Morgan fingerprint density at radius 1 is 0.906 bits per heavy atom. The number of halogens is 2. The molecule has 270 valence electrons. The average Bonchev–Trinajstić information content (AvgIpc) is 3.81. The molecule has 12 heteroatoms. The molecule has 0 fully saturated rings. The van der Waals surface area contributed by atoms with Crippen molar-refractivity contribution < 1.29 is 9.53 Å². The molecule has 5 heterocycles. The van der Waals surface area contributed by atoms with E-state index in [1.807, 2.05) is 77.2 Å². The van der Waals surface area contributed by atoms with Gasteiger partial charge in [0.25, 0.3) is 5.91 Å². The Morgan fingerprint density at radius 3 is 2.34 bits per heavy atom. The maximum Gasteiger partial charge on any atom is 0.275 e. The zero-order chi connectivity index (χ0) is 37.3. The van der Waals surface area contributed by atoms with Crippen molar-refractivity contribution in [2.75, 3.05) is 18.1 Å². The number of benzene rings is 3. The Bertz CT molecular complexity index is 2560. The van der Waals surface area contributed by atoms with Crippen molar-refractivity contribution in [3.8, 4) is 28.3 Å². The number of aryl methyl sites for hydroxylation is 7. The summed E-state index contributed by atoms with van der Waals surface area (Å²) in [6.45, 7) is 11.0. The van der Waals surface area contributed by atoms with Gasteiger partial charge in [0.05, 0.1) is 22.8 Å². The molecule has 0 aliphatic carbocycles. The molecule has 10 nitrogen and oxygen atoms in total. The van der Waals surface area contributed by atoms with Crippen molar-refractivity contribution in [2.24, 2.45) is 14.1 Å². The lowest BCUT2D eigenvalue weighted by Gasteiger charge is -2.34. The molecule has 53 heavy (non-hydrogen) atoms. The molecule has 0 saturated heterocycles. The molecule has 0 spiro atoms. The molecule has 8 rings (SSSR count). The summed E-state index contributed by atoms with van der Waals surface area (Å²) >= 11 is 13.5. The van der Waals surface area contributed by atoms with E-state index in [2.05, 4.69) is 54.3 Å². The lowest BCUT2D eigenvalue weighted by molar-refractivity contribution is 0.0957. The zero-order valence-electron chi connectivity index (χ0n) is 30.8. The molecule has 1 atom stereocenters. The topological polar surface area (TPSA) is 95.9 Å². The molecule has 7 aromatic rings. The molecule has 1 aliphatic heterocycles. The van der Waals surface area contributed by atoms with Gasteiger partial charge in [-0.2, -0.15) is 5.10 Å². The van der Waals surface area contributed by atoms with Crippen molar-refractivity contribution in [3.63, 3.8) is 0 Å². The molecule has 0 radical (unpaired) electrons. The molecule has 0 N–H and O–H groups in total. The monoisotopic (exact) mass is 746 g/mol. The number of aromatic nitrogens is 7. The van der Waals surface area contributed by atoms with Crippen LogP contribution in [0.15, 0.2) is 61.3 Å². The summed E-state index contributed by atoms with van der Waals surface area (Å²) in [6, 6.07) is 14.0. The Morgan fingerprint density at radius 2 is 1.64 bits per heavy atom. The fourth-order valence-electron chi connectivity index (χ4n) is 7.95. The second kappa shape index (κ2) is 13.3. The molecule has 0 saturated carbocycles. The predicted octanol–water partition coefficient (Wildman–Crippen LogP) is 9.16. The van der Waals surface area contributed by atoms with Crippen molar-refractivity contribution >= 4 is 56.6 Å². The van der Waals surface area contributed by atoms with Crippen LogP contribution in [0.5, 0.6) is 5.75 Å². The molecule has 1 aliphatic rings. The van der Waals surface area contributed by atoms with Crippen LogP contribution in [-0.2, 0) is 20.5 Å². The van der Waals surface area contributed by atoms with E-state index >= 15 is 4.79 Å². The Kier molecular flexibility index (Phi) is 8.78. The Labute approximate surface area is 318 Å². The van der Waals surface area contributed by atoms with Gasteiger partial charge in [-0.3, -0.25) is 9.48 Å². The van der Waals surface area contributed by atoms with E-state index < -0.39 is 0 Å². The van der Waals surface area contributed by atoms with Crippen LogP contribution in [-0.4, -0.2) is 52.9 Å². The van der Waals surface area contributed by atoms with E-state index in [1.54, 1.807) is 17.3 Å². The summed E-state index contributed by atoms with van der Waals surface area (Å²) in [4.78, 5) is 30.7. The van der Waals surface area contributed by atoms with Gasteiger partial charge in [0.15, 0.2) is 5.82 Å². The third kappa shape index (κ3) is 5.84. The van der Waals surface area contributed by atoms with E-state index in [4.69, 9.17) is 27.9 Å². The van der Waals surface area contributed by atoms with E-state index in [-0.39, 0.29) is 11.9 Å². The van der Waals surface area contributed by atoms with E-state index in [1.165, 1.54) is 0 Å². The first-order chi connectivity index (χ1) is 25.4.